The van der Waals surface area contributed by atoms with E-state index in [1.54, 1.807) is 22.1 Å². The maximum atomic E-state index is 12.8. The Morgan fingerprint density at radius 3 is 2.52 bits per heavy atom. The maximum Gasteiger partial charge on any atom is 0.256 e. The van der Waals surface area contributed by atoms with Gasteiger partial charge in [-0.2, -0.15) is 9.78 Å². The highest BCUT2D eigenvalue weighted by molar-refractivity contribution is 7.89. The second-order valence-corrected chi connectivity index (χ2v) is 10.8. The average Bonchev–Trinajstić information content (AvgIpc) is 3.48. The fourth-order valence-electron chi connectivity index (χ4n) is 2.81. The number of benzene rings is 1. The topological polar surface area (TPSA) is 97.2 Å². The van der Waals surface area contributed by atoms with Crippen LogP contribution in [0.5, 0.6) is 0 Å². The van der Waals surface area contributed by atoms with E-state index in [2.05, 4.69) is 15.4 Å². The molecule has 0 saturated carbocycles. The Labute approximate surface area is 187 Å². The van der Waals surface area contributed by atoms with Crippen LogP contribution in [0.2, 0.25) is 0 Å². The van der Waals surface area contributed by atoms with Gasteiger partial charge in [-0.15, -0.1) is 22.7 Å². The number of aromatic nitrogens is 3. The summed E-state index contributed by atoms with van der Waals surface area (Å²) in [6, 6.07) is 11.5. The van der Waals surface area contributed by atoms with E-state index in [0.717, 1.165) is 20.6 Å². The van der Waals surface area contributed by atoms with Crippen molar-refractivity contribution in [3.63, 3.8) is 0 Å². The fraction of sp³-hybridized carbons (Fsp3) is 0.150. The molecule has 1 amide bonds. The van der Waals surface area contributed by atoms with E-state index in [1.165, 1.54) is 49.7 Å². The molecule has 8 nitrogen and oxygen atoms in total. The van der Waals surface area contributed by atoms with E-state index < -0.39 is 10.0 Å². The van der Waals surface area contributed by atoms with Crippen LogP contribution in [0.15, 0.2) is 58.1 Å². The molecule has 3 heterocycles. The third-order valence-corrected chi connectivity index (χ3v) is 7.95. The molecule has 4 aromatic rings. The van der Waals surface area contributed by atoms with Crippen LogP contribution in [0.25, 0.3) is 15.7 Å². The Morgan fingerprint density at radius 1 is 1.13 bits per heavy atom. The summed E-state index contributed by atoms with van der Waals surface area (Å²) in [4.78, 5) is 18.6. The highest BCUT2D eigenvalue weighted by Gasteiger charge is 2.19. The van der Waals surface area contributed by atoms with Crippen molar-refractivity contribution in [2.75, 3.05) is 19.4 Å². The van der Waals surface area contributed by atoms with Crippen molar-refractivity contribution in [2.24, 2.45) is 0 Å². The molecule has 1 N–H and O–H groups in total. The Balaban J connectivity index is 1.57. The summed E-state index contributed by atoms with van der Waals surface area (Å²) < 4.78 is 27.1. The second-order valence-electron chi connectivity index (χ2n) is 6.84. The average molecular weight is 474 g/mol. The first-order valence-electron chi connectivity index (χ1n) is 9.16. The molecule has 0 saturated heterocycles. The SMILES string of the molecule is Cc1cc(NC(=O)c2ccc(S(=O)(=O)N(C)C)cc2)n(-c2nc(-c3cccs3)cs2)n1. The van der Waals surface area contributed by atoms with E-state index in [1.807, 2.05) is 29.8 Å². The number of aryl methyl sites for hydroxylation is 1. The molecule has 0 spiro atoms. The summed E-state index contributed by atoms with van der Waals surface area (Å²) in [6.07, 6.45) is 0. The maximum absolute atomic E-state index is 12.8. The number of anilines is 1. The van der Waals surface area contributed by atoms with Gasteiger partial charge in [-0.05, 0) is 42.6 Å². The Morgan fingerprint density at radius 2 is 1.87 bits per heavy atom. The Hall–Kier alpha value is -2.86. The van der Waals surface area contributed by atoms with Crippen LogP contribution in [0, 0.1) is 6.92 Å². The molecule has 31 heavy (non-hydrogen) atoms. The highest BCUT2D eigenvalue weighted by Crippen LogP contribution is 2.29. The number of hydrogen-bond acceptors (Lipinski definition) is 7. The van der Waals surface area contributed by atoms with Gasteiger partial charge in [0.15, 0.2) is 0 Å². The molecule has 0 bridgehead atoms. The van der Waals surface area contributed by atoms with Crippen molar-refractivity contribution in [2.45, 2.75) is 11.8 Å². The van der Waals surface area contributed by atoms with Gasteiger partial charge in [0.25, 0.3) is 5.91 Å². The lowest BCUT2D eigenvalue weighted by molar-refractivity contribution is 0.102. The quantitative estimate of drug-likeness (QED) is 0.459. The van der Waals surface area contributed by atoms with E-state index in [0.29, 0.717) is 16.5 Å². The lowest BCUT2D eigenvalue weighted by Gasteiger charge is -2.11. The number of nitrogens with zero attached hydrogens (tertiary/aromatic N) is 4. The van der Waals surface area contributed by atoms with Crippen LogP contribution >= 0.6 is 22.7 Å². The minimum absolute atomic E-state index is 0.124. The molecular formula is C20H19N5O3S3. The van der Waals surface area contributed by atoms with Crippen LogP contribution in [0.3, 0.4) is 0 Å². The first kappa shape index (κ1) is 21.4. The van der Waals surface area contributed by atoms with Crippen molar-refractivity contribution in [3.8, 4) is 15.7 Å². The lowest BCUT2D eigenvalue weighted by atomic mass is 10.2. The molecule has 1 aromatic carbocycles. The molecule has 0 radical (unpaired) electrons. The van der Waals surface area contributed by atoms with Gasteiger partial charge in [0.2, 0.25) is 15.2 Å². The van der Waals surface area contributed by atoms with Crippen LogP contribution < -0.4 is 5.32 Å². The number of rotatable bonds is 6. The summed E-state index contributed by atoms with van der Waals surface area (Å²) in [6.45, 7) is 1.83. The van der Waals surface area contributed by atoms with Gasteiger partial charge in [-0.25, -0.2) is 17.7 Å². The number of hydrogen-bond donors (Lipinski definition) is 1. The normalized spacial score (nSPS) is 11.7. The van der Waals surface area contributed by atoms with Gasteiger partial charge < -0.3 is 5.32 Å². The van der Waals surface area contributed by atoms with Gasteiger partial charge in [0.1, 0.15) is 5.82 Å². The third kappa shape index (κ3) is 4.30. The van der Waals surface area contributed by atoms with Crippen LogP contribution in [0.4, 0.5) is 5.82 Å². The fourth-order valence-corrected chi connectivity index (χ4v) is 5.26. The molecule has 0 atom stereocenters. The van der Waals surface area contributed by atoms with Gasteiger partial charge >= 0.3 is 0 Å². The van der Waals surface area contributed by atoms with E-state index in [4.69, 9.17) is 0 Å². The highest BCUT2D eigenvalue weighted by atomic mass is 32.2. The van der Waals surface area contributed by atoms with E-state index in [-0.39, 0.29) is 10.8 Å². The Bertz CT molecular complexity index is 1320. The van der Waals surface area contributed by atoms with Gasteiger partial charge in [-0.1, -0.05) is 6.07 Å². The van der Waals surface area contributed by atoms with Crippen molar-refractivity contribution in [3.05, 3.63) is 64.5 Å². The molecule has 3 aromatic heterocycles. The number of sulfonamides is 1. The van der Waals surface area contributed by atoms with Gasteiger partial charge in [-0.3, -0.25) is 4.79 Å². The van der Waals surface area contributed by atoms with Gasteiger partial charge in [0.05, 0.1) is 21.2 Å². The number of carbonyl (C=O) groups is 1. The lowest BCUT2D eigenvalue weighted by Crippen LogP contribution is -2.22. The predicted molar refractivity (Wildman–Crippen MR) is 123 cm³/mol. The van der Waals surface area contributed by atoms with Crippen molar-refractivity contribution < 1.29 is 13.2 Å². The van der Waals surface area contributed by atoms with Crippen LogP contribution in [0.1, 0.15) is 16.1 Å². The summed E-state index contributed by atoms with van der Waals surface area (Å²) in [5.74, 6) is 0.115. The molecule has 0 fully saturated rings. The van der Waals surface area contributed by atoms with E-state index in [9.17, 15) is 13.2 Å². The van der Waals surface area contributed by atoms with Gasteiger partial charge in [0, 0.05) is 31.1 Å². The minimum Gasteiger partial charge on any atom is -0.306 e. The molecule has 0 aliphatic carbocycles. The van der Waals surface area contributed by atoms with Crippen molar-refractivity contribution in [1.29, 1.82) is 0 Å². The number of carbonyl (C=O) groups excluding carboxylic acids is 1. The Kier molecular flexibility index (Phi) is 5.75. The van der Waals surface area contributed by atoms with Crippen molar-refractivity contribution >= 4 is 44.4 Å². The standard InChI is InChI=1S/C20H19N5O3S3/c1-13-11-18(25(23-13)20-21-16(12-30-20)17-5-4-10-29-17)22-19(26)14-6-8-15(9-7-14)31(27,28)24(2)3/h4-12H,1-3H3,(H,22,26). The zero-order chi connectivity index (χ0) is 22.2. The van der Waals surface area contributed by atoms with Crippen LogP contribution in [-0.2, 0) is 10.0 Å². The first-order chi connectivity index (χ1) is 14.8. The molecule has 4 rings (SSSR count). The number of thiazole rings is 1. The minimum atomic E-state index is -3.55. The number of amides is 1. The molecule has 11 heteroatoms. The monoisotopic (exact) mass is 473 g/mol. The van der Waals surface area contributed by atoms with Crippen LogP contribution in [-0.4, -0.2) is 47.5 Å². The molecule has 0 unspecified atom stereocenters. The summed E-state index contributed by atoms with van der Waals surface area (Å²) in [5, 5.41) is 11.9. The second kappa shape index (κ2) is 8.35. The van der Waals surface area contributed by atoms with E-state index >= 15 is 0 Å². The van der Waals surface area contributed by atoms with Crippen molar-refractivity contribution in [1.82, 2.24) is 19.1 Å². The summed E-state index contributed by atoms with van der Waals surface area (Å²) in [7, 11) is -0.632. The molecule has 160 valence electrons. The smallest absolute Gasteiger partial charge is 0.256 e. The third-order valence-electron chi connectivity index (χ3n) is 4.42. The number of nitrogens with one attached hydrogen (secondary N) is 1. The predicted octanol–water partition coefficient (Wildman–Crippen LogP) is 3.87. The zero-order valence-corrected chi connectivity index (χ0v) is 19.4. The summed E-state index contributed by atoms with van der Waals surface area (Å²) in [5.41, 5.74) is 1.93. The molecular weight excluding hydrogens is 454 g/mol. The summed E-state index contributed by atoms with van der Waals surface area (Å²) >= 11 is 3.04. The zero-order valence-electron chi connectivity index (χ0n) is 16.9. The molecule has 0 aliphatic heterocycles. The first-order valence-corrected chi connectivity index (χ1v) is 12.4. The molecule has 0 aliphatic rings. The number of thiophene rings is 1. The largest absolute Gasteiger partial charge is 0.306 e.